The van der Waals surface area contributed by atoms with Gasteiger partial charge in [0.1, 0.15) is 0 Å². The Labute approximate surface area is 118 Å². The van der Waals surface area contributed by atoms with E-state index in [9.17, 15) is 4.79 Å². The van der Waals surface area contributed by atoms with Crippen molar-refractivity contribution in [3.63, 3.8) is 0 Å². The normalized spacial score (nSPS) is 13.3. The number of nitrogens with zero attached hydrogens (tertiary/aromatic N) is 1. The van der Waals surface area contributed by atoms with Gasteiger partial charge in [-0.05, 0) is 18.2 Å². The zero-order chi connectivity index (χ0) is 14.5. The predicted molar refractivity (Wildman–Crippen MR) is 79.4 cm³/mol. The lowest BCUT2D eigenvalue weighted by molar-refractivity contribution is -0.113. The van der Waals surface area contributed by atoms with Crippen LogP contribution in [-0.2, 0) is 10.2 Å². The third kappa shape index (κ3) is 5.65. The van der Waals surface area contributed by atoms with Crippen LogP contribution in [0.4, 0.5) is 5.88 Å². The van der Waals surface area contributed by atoms with Gasteiger partial charge in [-0.1, -0.05) is 32.9 Å². The SMILES string of the molecule is CC(CN)CSCC(=O)Nc1cc(C(C)(C)C)no1. The third-order valence-corrected chi connectivity index (χ3v) is 3.85. The van der Waals surface area contributed by atoms with Crippen molar-refractivity contribution in [2.45, 2.75) is 33.1 Å². The van der Waals surface area contributed by atoms with E-state index in [-0.39, 0.29) is 11.3 Å². The monoisotopic (exact) mass is 285 g/mol. The highest BCUT2D eigenvalue weighted by Crippen LogP contribution is 2.23. The van der Waals surface area contributed by atoms with Crippen LogP contribution in [-0.4, -0.2) is 29.1 Å². The second-order valence-corrected chi connectivity index (χ2v) is 6.76. The molecule has 6 heteroatoms. The number of amides is 1. The Bertz CT molecular complexity index is 412. The van der Waals surface area contributed by atoms with Crippen molar-refractivity contribution >= 4 is 23.6 Å². The van der Waals surface area contributed by atoms with Crippen LogP contribution in [0.15, 0.2) is 10.6 Å². The molecule has 108 valence electrons. The topological polar surface area (TPSA) is 81.2 Å². The van der Waals surface area contributed by atoms with Gasteiger partial charge >= 0.3 is 0 Å². The number of hydrogen-bond acceptors (Lipinski definition) is 5. The minimum absolute atomic E-state index is 0.0779. The lowest BCUT2D eigenvalue weighted by atomic mass is 9.92. The minimum Gasteiger partial charge on any atom is -0.338 e. The summed E-state index contributed by atoms with van der Waals surface area (Å²) in [7, 11) is 0. The molecule has 1 atom stereocenters. The van der Waals surface area contributed by atoms with Crippen molar-refractivity contribution in [1.29, 1.82) is 0 Å². The van der Waals surface area contributed by atoms with Gasteiger partial charge in [0.15, 0.2) is 0 Å². The standard InChI is InChI=1S/C13H23N3O2S/c1-9(6-14)7-19-8-11(17)15-12-5-10(16-18-12)13(2,3)4/h5,9H,6-8,14H2,1-4H3,(H,15,17). The van der Waals surface area contributed by atoms with Gasteiger partial charge in [0.2, 0.25) is 11.8 Å². The van der Waals surface area contributed by atoms with E-state index in [1.165, 1.54) is 0 Å². The van der Waals surface area contributed by atoms with Crippen LogP contribution in [0.25, 0.3) is 0 Å². The Morgan fingerprint density at radius 2 is 2.26 bits per heavy atom. The second-order valence-electron chi connectivity index (χ2n) is 5.73. The van der Waals surface area contributed by atoms with E-state index in [1.807, 2.05) is 20.8 Å². The zero-order valence-electron chi connectivity index (χ0n) is 12.0. The molecule has 0 saturated carbocycles. The first-order valence-electron chi connectivity index (χ1n) is 6.37. The summed E-state index contributed by atoms with van der Waals surface area (Å²) in [6.45, 7) is 8.84. The van der Waals surface area contributed by atoms with E-state index in [0.29, 0.717) is 24.1 Å². The molecule has 1 heterocycles. The van der Waals surface area contributed by atoms with Crippen LogP contribution in [0.1, 0.15) is 33.4 Å². The maximum Gasteiger partial charge on any atom is 0.236 e. The molecule has 0 bridgehead atoms. The summed E-state index contributed by atoms with van der Waals surface area (Å²) in [5.41, 5.74) is 6.26. The van der Waals surface area contributed by atoms with Crippen molar-refractivity contribution < 1.29 is 9.32 Å². The van der Waals surface area contributed by atoms with Gasteiger partial charge in [-0.3, -0.25) is 10.1 Å². The highest BCUT2D eigenvalue weighted by molar-refractivity contribution is 7.99. The smallest absolute Gasteiger partial charge is 0.236 e. The zero-order valence-corrected chi connectivity index (χ0v) is 12.8. The Balaban J connectivity index is 2.38. The lowest BCUT2D eigenvalue weighted by Gasteiger charge is -2.12. The van der Waals surface area contributed by atoms with Gasteiger partial charge in [-0.25, -0.2) is 0 Å². The van der Waals surface area contributed by atoms with Gasteiger partial charge in [-0.2, -0.15) is 11.8 Å². The number of nitrogens with one attached hydrogen (secondary N) is 1. The molecule has 1 aromatic heterocycles. The molecule has 0 fully saturated rings. The molecule has 1 rings (SSSR count). The number of rotatable bonds is 6. The van der Waals surface area contributed by atoms with E-state index in [0.717, 1.165) is 11.4 Å². The maximum atomic E-state index is 11.7. The summed E-state index contributed by atoms with van der Waals surface area (Å²) < 4.78 is 5.10. The number of aromatic nitrogens is 1. The average molecular weight is 285 g/mol. The Kier molecular flexibility index (Phi) is 5.87. The molecular weight excluding hydrogens is 262 g/mol. The largest absolute Gasteiger partial charge is 0.338 e. The van der Waals surface area contributed by atoms with E-state index in [2.05, 4.69) is 17.4 Å². The molecule has 0 aliphatic carbocycles. The highest BCUT2D eigenvalue weighted by atomic mass is 32.2. The molecule has 0 aromatic carbocycles. The van der Waals surface area contributed by atoms with Crippen molar-refractivity contribution in [2.24, 2.45) is 11.7 Å². The van der Waals surface area contributed by atoms with Crippen LogP contribution < -0.4 is 11.1 Å². The van der Waals surface area contributed by atoms with E-state index in [1.54, 1.807) is 17.8 Å². The predicted octanol–water partition coefficient (Wildman–Crippen LogP) is 2.24. The van der Waals surface area contributed by atoms with E-state index < -0.39 is 0 Å². The molecule has 0 aliphatic rings. The van der Waals surface area contributed by atoms with Crippen LogP contribution in [0.3, 0.4) is 0 Å². The van der Waals surface area contributed by atoms with Gasteiger partial charge in [0.25, 0.3) is 0 Å². The fourth-order valence-electron chi connectivity index (χ4n) is 1.28. The fraction of sp³-hybridized carbons (Fsp3) is 0.692. The number of carbonyl (C=O) groups excluding carboxylic acids is 1. The molecule has 0 aliphatic heterocycles. The highest BCUT2D eigenvalue weighted by Gasteiger charge is 2.19. The van der Waals surface area contributed by atoms with Crippen LogP contribution in [0, 0.1) is 5.92 Å². The molecule has 5 nitrogen and oxygen atoms in total. The van der Waals surface area contributed by atoms with E-state index >= 15 is 0 Å². The van der Waals surface area contributed by atoms with Gasteiger partial charge < -0.3 is 10.3 Å². The minimum atomic E-state index is -0.0855. The number of thioether (sulfide) groups is 1. The first-order valence-corrected chi connectivity index (χ1v) is 7.53. The van der Waals surface area contributed by atoms with Gasteiger partial charge in [0.05, 0.1) is 11.4 Å². The second kappa shape index (κ2) is 6.96. The molecule has 19 heavy (non-hydrogen) atoms. The summed E-state index contributed by atoms with van der Waals surface area (Å²) in [6, 6.07) is 1.77. The number of hydrogen-bond donors (Lipinski definition) is 2. The number of carbonyl (C=O) groups is 1. The Morgan fingerprint density at radius 3 is 2.79 bits per heavy atom. The van der Waals surface area contributed by atoms with E-state index in [4.69, 9.17) is 10.3 Å². The molecular formula is C13H23N3O2S. The van der Waals surface area contributed by atoms with Crippen molar-refractivity contribution in [2.75, 3.05) is 23.4 Å². The first-order chi connectivity index (χ1) is 8.82. The van der Waals surface area contributed by atoms with Crippen molar-refractivity contribution in [3.8, 4) is 0 Å². The molecule has 1 unspecified atom stereocenters. The van der Waals surface area contributed by atoms with Crippen LogP contribution >= 0.6 is 11.8 Å². The third-order valence-electron chi connectivity index (χ3n) is 2.58. The lowest BCUT2D eigenvalue weighted by Crippen LogP contribution is -2.17. The molecule has 0 saturated heterocycles. The summed E-state index contributed by atoms with van der Waals surface area (Å²) in [5.74, 6) is 2.03. The number of anilines is 1. The Morgan fingerprint density at radius 1 is 1.58 bits per heavy atom. The average Bonchev–Trinajstić information content (AvgIpc) is 2.77. The Hall–Kier alpha value is -1.01. The van der Waals surface area contributed by atoms with Crippen molar-refractivity contribution in [3.05, 3.63) is 11.8 Å². The molecule has 0 radical (unpaired) electrons. The molecule has 1 aromatic rings. The molecule has 1 amide bonds. The molecule has 3 N–H and O–H groups in total. The molecule has 0 spiro atoms. The quantitative estimate of drug-likeness (QED) is 0.837. The fourth-order valence-corrected chi connectivity index (χ4v) is 2.20. The van der Waals surface area contributed by atoms with Gasteiger partial charge in [0, 0.05) is 11.5 Å². The first kappa shape index (κ1) is 16.0. The van der Waals surface area contributed by atoms with Gasteiger partial charge in [-0.15, -0.1) is 0 Å². The summed E-state index contributed by atoms with van der Waals surface area (Å²) in [6.07, 6.45) is 0. The summed E-state index contributed by atoms with van der Waals surface area (Å²) in [5, 5.41) is 6.66. The van der Waals surface area contributed by atoms with Crippen LogP contribution in [0.2, 0.25) is 0 Å². The maximum absolute atomic E-state index is 11.7. The van der Waals surface area contributed by atoms with Crippen molar-refractivity contribution in [1.82, 2.24) is 5.16 Å². The summed E-state index contributed by atoms with van der Waals surface area (Å²) in [4.78, 5) is 11.7. The summed E-state index contributed by atoms with van der Waals surface area (Å²) >= 11 is 1.57. The number of nitrogens with two attached hydrogens (primary N) is 1. The van der Waals surface area contributed by atoms with Crippen LogP contribution in [0.5, 0.6) is 0 Å².